The molecule has 1 amide bonds. The number of anilines is 1. The van der Waals surface area contributed by atoms with Gasteiger partial charge in [0.1, 0.15) is 0 Å². The number of amides is 1. The fraction of sp³-hybridized carbons (Fsp3) is 0.316. The Kier molecular flexibility index (Phi) is 5.24. The van der Waals surface area contributed by atoms with E-state index in [1.807, 2.05) is 19.1 Å². The maximum Gasteiger partial charge on any atom is 0.273 e. The highest BCUT2D eigenvalue weighted by Gasteiger charge is 2.17. The molecule has 0 spiro atoms. The normalized spacial score (nSPS) is 14.1. The number of aromatic nitrogens is 4. The van der Waals surface area contributed by atoms with Crippen LogP contribution in [0.1, 0.15) is 21.9 Å². The van der Waals surface area contributed by atoms with Gasteiger partial charge in [0.15, 0.2) is 11.5 Å². The van der Waals surface area contributed by atoms with Crippen molar-refractivity contribution in [2.45, 2.75) is 13.5 Å². The molecule has 1 N–H and O–H groups in total. The van der Waals surface area contributed by atoms with Gasteiger partial charge in [-0.1, -0.05) is 5.16 Å². The van der Waals surface area contributed by atoms with Gasteiger partial charge in [-0.15, -0.1) is 0 Å². The highest BCUT2D eigenvalue weighted by molar-refractivity contribution is 5.92. The summed E-state index contributed by atoms with van der Waals surface area (Å²) in [5.41, 5.74) is 2.55. The van der Waals surface area contributed by atoms with Gasteiger partial charge in [-0.2, -0.15) is 0 Å². The lowest BCUT2D eigenvalue weighted by atomic mass is 10.2. The minimum absolute atomic E-state index is 0.207. The predicted octanol–water partition coefficient (Wildman–Crippen LogP) is 1.60. The van der Waals surface area contributed by atoms with Gasteiger partial charge in [0, 0.05) is 42.8 Å². The van der Waals surface area contributed by atoms with E-state index in [1.54, 1.807) is 24.5 Å². The second-order valence-corrected chi connectivity index (χ2v) is 6.40. The summed E-state index contributed by atoms with van der Waals surface area (Å²) in [4.78, 5) is 27.6. The fourth-order valence-corrected chi connectivity index (χ4v) is 2.90. The standard InChI is InChI=1S/C19H20N6O3/c1-13-9-15(23-19(22-13)25-5-7-27-8-6-25)12-21-18(26)16-10-17(28-24-16)14-3-2-4-20-11-14/h2-4,9-11H,5-8,12H2,1H3,(H,21,26). The minimum Gasteiger partial charge on any atom is -0.378 e. The van der Waals surface area contributed by atoms with Crippen molar-refractivity contribution in [2.24, 2.45) is 0 Å². The monoisotopic (exact) mass is 380 g/mol. The molecule has 144 valence electrons. The zero-order valence-electron chi connectivity index (χ0n) is 15.5. The third kappa shape index (κ3) is 4.15. The molecule has 1 aliphatic heterocycles. The molecule has 0 unspecified atom stereocenters. The largest absolute Gasteiger partial charge is 0.378 e. The summed E-state index contributed by atoms with van der Waals surface area (Å²) in [6, 6.07) is 7.08. The van der Waals surface area contributed by atoms with Crippen LogP contribution in [0.3, 0.4) is 0 Å². The van der Waals surface area contributed by atoms with E-state index >= 15 is 0 Å². The lowest BCUT2D eigenvalue weighted by Crippen LogP contribution is -2.37. The van der Waals surface area contributed by atoms with Gasteiger partial charge in [0.2, 0.25) is 5.95 Å². The van der Waals surface area contributed by atoms with Crippen LogP contribution in [0.15, 0.2) is 41.2 Å². The number of nitrogens with one attached hydrogen (secondary N) is 1. The van der Waals surface area contributed by atoms with E-state index in [0.29, 0.717) is 24.9 Å². The Hall–Kier alpha value is -3.33. The molecule has 1 fully saturated rings. The quantitative estimate of drug-likeness (QED) is 0.711. The molecule has 3 aromatic rings. The number of pyridine rings is 1. The topological polar surface area (TPSA) is 106 Å². The Morgan fingerprint density at radius 3 is 2.89 bits per heavy atom. The van der Waals surface area contributed by atoms with Gasteiger partial charge in [0.25, 0.3) is 5.91 Å². The number of carbonyl (C=O) groups is 1. The molecule has 0 aliphatic carbocycles. The van der Waals surface area contributed by atoms with Crippen LogP contribution in [0.25, 0.3) is 11.3 Å². The molecule has 1 saturated heterocycles. The maximum absolute atomic E-state index is 12.4. The third-order valence-corrected chi connectivity index (χ3v) is 4.31. The van der Waals surface area contributed by atoms with Crippen molar-refractivity contribution in [3.8, 4) is 11.3 Å². The Balaban J connectivity index is 1.42. The van der Waals surface area contributed by atoms with E-state index in [2.05, 4.69) is 30.3 Å². The average molecular weight is 380 g/mol. The summed E-state index contributed by atoms with van der Waals surface area (Å²) in [5, 5.41) is 6.67. The van der Waals surface area contributed by atoms with E-state index in [1.165, 1.54) is 0 Å². The lowest BCUT2D eigenvalue weighted by Gasteiger charge is -2.27. The molecule has 0 bridgehead atoms. The molecular formula is C19H20N6O3. The number of rotatable bonds is 5. The van der Waals surface area contributed by atoms with Crippen LogP contribution >= 0.6 is 0 Å². The second kappa shape index (κ2) is 8.13. The van der Waals surface area contributed by atoms with Crippen LogP contribution in [0.4, 0.5) is 5.95 Å². The molecule has 4 rings (SSSR count). The zero-order chi connectivity index (χ0) is 19.3. The van der Waals surface area contributed by atoms with Gasteiger partial charge in [-0.3, -0.25) is 9.78 Å². The van der Waals surface area contributed by atoms with Crippen molar-refractivity contribution in [1.82, 2.24) is 25.4 Å². The van der Waals surface area contributed by atoms with E-state index in [0.717, 1.165) is 30.0 Å². The molecule has 28 heavy (non-hydrogen) atoms. The third-order valence-electron chi connectivity index (χ3n) is 4.31. The van der Waals surface area contributed by atoms with Crippen molar-refractivity contribution in [1.29, 1.82) is 0 Å². The molecule has 0 atom stereocenters. The molecule has 9 nitrogen and oxygen atoms in total. The first-order chi connectivity index (χ1) is 13.7. The Morgan fingerprint density at radius 1 is 1.25 bits per heavy atom. The van der Waals surface area contributed by atoms with Gasteiger partial charge >= 0.3 is 0 Å². The van der Waals surface area contributed by atoms with Crippen LogP contribution in [-0.4, -0.2) is 52.3 Å². The Morgan fingerprint density at radius 2 is 2.11 bits per heavy atom. The maximum atomic E-state index is 12.4. The molecule has 9 heteroatoms. The SMILES string of the molecule is Cc1cc(CNC(=O)c2cc(-c3cccnc3)on2)nc(N2CCOCC2)n1. The number of hydrogen-bond donors (Lipinski definition) is 1. The molecule has 3 aromatic heterocycles. The average Bonchev–Trinajstić information content (AvgIpc) is 3.23. The molecule has 0 radical (unpaired) electrons. The summed E-state index contributed by atoms with van der Waals surface area (Å²) in [6.45, 7) is 5.02. The summed E-state index contributed by atoms with van der Waals surface area (Å²) in [7, 11) is 0. The van der Waals surface area contributed by atoms with Crippen LogP contribution < -0.4 is 10.2 Å². The van der Waals surface area contributed by atoms with E-state index in [9.17, 15) is 4.79 Å². The summed E-state index contributed by atoms with van der Waals surface area (Å²) < 4.78 is 10.6. The molecular weight excluding hydrogens is 360 g/mol. The second-order valence-electron chi connectivity index (χ2n) is 6.40. The molecule has 0 aromatic carbocycles. The predicted molar refractivity (Wildman–Crippen MR) is 101 cm³/mol. The molecule has 4 heterocycles. The van der Waals surface area contributed by atoms with Crippen molar-refractivity contribution >= 4 is 11.9 Å². The first-order valence-electron chi connectivity index (χ1n) is 9.01. The van der Waals surface area contributed by atoms with E-state index < -0.39 is 0 Å². The lowest BCUT2D eigenvalue weighted by molar-refractivity contribution is 0.0941. The zero-order valence-corrected chi connectivity index (χ0v) is 15.5. The molecule has 1 aliphatic rings. The van der Waals surface area contributed by atoms with Crippen molar-refractivity contribution in [3.05, 3.63) is 53.7 Å². The fourth-order valence-electron chi connectivity index (χ4n) is 2.90. The number of hydrogen-bond acceptors (Lipinski definition) is 8. The minimum atomic E-state index is -0.330. The van der Waals surface area contributed by atoms with Crippen molar-refractivity contribution in [2.75, 3.05) is 31.2 Å². The number of nitrogens with zero attached hydrogens (tertiary/aromatic N) is 5. The van der Waals surface area contributed by atoms with Gasteiger partial charge in [-0.25, -0.2) is 9.97 Å². The van der Waals surface area contributed by atoms with E-state index in [-0.39, 0.29) is 18.1 Å². The number of morpholine rings is 1. The summed E-state index contributed by atoms with van der Waals surface area (Å²) in [6.07, 6.45) is 3.32. The Labute approximate surface area is 161 Å². The number of carbonyl (C=O) groups excluding carboxylic acids is 1. The first kappa shape index (κ1) is 18.1. The van der Waals surface area contributed by atoms with Crippen LogP contribution in [0.2, 0.25) is 0 Å². The highest BCUT2D eigenvalue weighted by Crippen LogP contribution is 2.19. The van der Waals surface area contributed by atoms with Crippen molar-refractivity contribution in [3.63, 3.8) is 0 Å². The highest BCUT2D eigenvalue weighted by atomic mass is 16.5. The van der Waals surface area contributed by atoms with Gasteiger partial charge < -0.3 is 19.5 Å². The van der Waals surface area contributed by atoms with Gasteiger partial charge in [-0.05, 0) is 25.1 Å². The van der Waals surface area contributed by atoms with Crippen LogP contribution in [0, 0.1) is 6.92 Å². The smallest absolute Gasteiger partial charge is 0.273 e. The van der Waals surface area contributed by atoms with E-state index in [4.69, 9.17) is 9.26 Å². The molecule has 0 saturated carbocycles. The van der Waals surface area contributed by atoms with Gasteiger partial charge in [0.05, 0.1) is 25.5 Å². The summed E-state index contributed by atoms with van der Waals surface area (Å²) in [5.74, 6) is 0.821. The van der Waals surface area contributed by atoms with Crippen LogP contribution in [-0.2, 0) is 11.3 Å². The first-order valence-corrected chi connectivity index (χ1v) is 9.01. The summed E-state index contributed by atoms with van der Waals surface area (Å²) >= 11 is 0. The number of ether oxygens (including phenoxy) is 1. The van der Waals surface area contributed by atoms with Crippen molar-refractivity contribution < 1.29 is 14.1 Å². The van der Waals surface area contributed by atoms with Crippen LogP contribution in [0.5, 0.6) is 0 Å². The Bertz CT molecular complexity index is 953. The number of aryl methyl sites for hydroxylation is 1.